The number of nitrogens with zero attached hydrogens (tertiary/aromatic N) is 1. The summed E-state index contributed by atoms with van der Waals surface area (Å²) in [7, 11) is -2.26. The fourth-order valence-electron chi connectivity index (χ4n) is 3.71. The Morgan fingerprint density at radius 1 is 1.47 bits per heavy atom. The van der Waals surface area contributed by atoms with Crippen LogP contribution in [0.2, 0.25) is 0 Å². The van der Waals surface area contributed by atoms with Crippen molar-refractivity contribution in [3.8, 4) is 0 Å². The molecule has 0 aromatic carbocycles. The van der Waals surface area contributed by atoms with E-state index in [1.54, 1.807) is 0 Å². The van der Waals surface area contributed by atoms with Crippen LogP contribution in [-0.2, 0) is 4.74 Å². The van der Waals surface area contributed by atoms with Crippen LogP contribution in [0.5, 0.6) is 0 Å². The minimum Gasteiger partial charge on any atom is -0.383 e. The van der Waals surface area contributed by atoms with Gasteiger partial charge in [0.05, 0.1) is 10.7 Å². The molecule has 0 spiro atoms. The summed E-state index contributed by atoms with van der Waals surface area (Å²) in [6.07, 6.45) is 4.70. The molecular weight excluding hydrogens is 186 g/mol. The molecule has 15 heavy (non-hydrogen) atoms. The maximum Gasteiger partial charge on any atom is 0.0618 e. The number of hydrogen-bond donors (Lipinski definition) is 0. The van der Waals surface area contributed by atoms with Crippen molar-refractivity contribution in [2.45, 2.75) is 58.0 Å². The Balaban J connectivity index is 2.06. The average Bonchev–Trinajstić information content (AvgIpc) is 2.70. The molecule has 2 aliphatic heterocycles. The van der Waals surface area contributed by atoms with Gasteiger partial charge >= 0.3 is 0 Å². The lowest BCUT2D eigenvalue weighted by atomic mass is 9.71. The van der Waals surface area contributed by atoms with Crippen molar-refractivity contribution >= 4 is 0 Å². The number of ether oxygens (including phenoxy) is 1. The zero-order chi connectivity index (χ0) is 13.6. The molecule has 0 bridgehead atoms. The molecule has 2 rings (SSSR count). The molecule has 0 amide bonds. The van der Waals surface area contributed by atoms with E-state index in [4.69, 9.17) is 8.85 Å². The first-order valence-electron chi connectivity index (χ1n) is 7.56. The zero-order valence-corrected chi connectivity index (χ0v) is 10.2. The van der Waals surface area contributed by atoms with Crippen LogP contribution in [0.15, 0.2) is 0 Å². The van der Waals surface area contributed by atoms with Gasteiger partial charge in [-0.25, -0.2) is 0 Å². The van der Waals surface area contributed by atoms with Crippen LogP contribution in [0.4, 0.5) is 0 Å². The second-order valence-electron chi connectivity index (χ2n) is 6.08. The predicted octanol–water partition coefficient (Wildman–Crippen LogP) is 2.68. The van der Waals surface area contributed by atoms with Gasteiger partial charge in [-0.1, -0.05) is 20.8 Å². The largest absolute Gasteiger partial charge is 0.383 e. The minimum absolute atomic E-state index is 0.248. The summed E-state index contributed by atoms with van der Waals surface area (Å²) in [4.78, 5) is 2.53. The van der Waals surface area contributed by atoms with Gasteiger partial charge in [-0.3, -0.25) is 4.90 Å². The van der Waals surface area contributed by atoms with Crippen molar-refractivity contribution in [1.82, 2.24) is 4.90 Å². The van der Waals surface area contributed by atoms with E-state index in [1.165, 1.54) is 19.3 Å². The Labute approximate surface area is 98.2 Å². The van der Waals surface area contributed by atoms with Crippen molar-refractivity contribution in [2.75, 3.05) is 20.2 Å². The average molecular weight is 214 g/mol. The van der Waals surface area contributed by atoms with Gasteiger partial charge in [0.25, 0.3) is 0 Å². The smallest absolute Gasteiger partial charge is 0.0618 e. The summed E-state index contributed by atoms with van der Waals surface area (Å²) >= 11 is 0. The van der Waals surface area contributed by atoms with Gasteiger partial charge in [0.1, 0.15) is 0 Å². The highest BCUT2D eigenvalue weighted by Crippen LogP contribution is 2.52. The summed E-state index contributed by atoms with van der Waals surface area (Å²) in [6.45, 7) is 8.34. The lowest BCUT2D eigenvalue weighted by molar-refractivity contribution is 0.0199. The summed E-state index contributed by atoms with van der Waals surface area (Å²) in [5.41, 5.74) is 0.508. The van der Waals surface area contributed by atoms with Crippen molar-refractivity contribution < 1.29 is 8.85 Å². The molecule has 0 N–H and O–H groups in total. The highest BCUT2D eigenvalue weighted by atomic mass is 16.5. The first-order chi connectivity index (χ1) is 8.16. The summed E-state index contributed by atoms with van der Waals surface area (Å²) in [5, 5.41) is 0. The van der Waals surface area contributed by atoms with Crippen LogP contribution in [0.1, 0.15) is 50.6 Å². The van der Waals surface area contributed by atoms with E-state index in [0.717, 1.165) is 13.0 Å². The van der Waals surface area contributed by atoms with Crippen LogP contribution in [0, 0.1) is 5.41 Å². The Bertz CT molecular complexity index is 310. The van der Waals surface area contributed by atoms with Crippen molar-refractivity contribution in [1.29, 1.82) is 0 Å². The molecule has 0 aliphatic carbocycles. The standard InChI is InChI=1S/C13H25NO/c1-12(2,3)13-7-5-9-14(13)11(6-8-13)10-15-4/h11H,5-10H2,1-4H3/i4D3. The fourth-order valence-corrected chi connectivity index (χ4v) is 3.71. The number of fused-ring (bicyclic) bond motifs is 1. The van der Waals surface area contributed by atoms with E-state index in [1.807, 2.05) is 0 Å². The molecule has 2 heteroatoms. The molecule has 2 atom stereocenters. The van der Waals surface area contributed by atoms with E-state index in [2.05, 4.69) is 25.7 Å². The molecule has 2 heterocycles. The quantitative estimate of drug-likeness (QED) is 0.701. The molecule has 0 aromatic heterocycles. The number of methoxy groups -OCH3 is 1. The van der Waals surface area contributed by atoms with Crippen LogP contribution >= 0.6 is 0 Å². The Kier molecular flexibility index (Phi) is 2.01. The van der Waals surface area contributed by atoms with E-state index in [0.29, 0.717) is 6.61 Å². The van der Waals surface area contributed by atoms with Gasteiger partial charge in [-0.15, -0.1) is 0 Å². The van der Waals surface area contributed by atoms with E-state index in [-0.39, 0.29) is 17.0 Å². The first-order valence-corrected chi connectivity index (χ1v) is 6.06. The van der Waals surface area contributed by atoms with Gasteiger partial charge in [0, 0.05) is 18.6 Å². The van der Waals surface area contributed by atoms with Gasteiger partial charge in [0.2, 0.25) is 0 Å². The van der Waals surface area contributed by atoms with Crippen molar-refractivity contribution in [3.05, 3.63) is 0 Å². The Morgan fingerprint density at radius 2 is 2.27 bits per heavy atom. The SMILES string of the molecule is [2H]C([2H])([2H])OCC1CCC2(C(C)(C)C)CCCN12. The van der Waals surface area contributed by atoms with Crippen LogP contribution in [-0.4, -0.2) is 36.7 Å². The van der Waals surface area contributed by atoms with E-state index in [9.17, 15) is 0 Å². The van der Waals surface area contributed by atoms with Crippen LogP contribution in [0.25, 0.3) is 0 Å². The second kappa shape index (κ2) is 3.74. The second-order valence-corrected chi connectivity index (χ2v) is 6.08. The molecule has 2 saturated heterocycles. The number of rotatable bonds is 2. The molecular formula is C13H25NO. The Morgan fingerprint density at radius 3 is 2.93 bits per heavy atom. The third-order valence-electron chi connectivity index (χ3n) is 4.54. The van der Waals surface area contributed by atoms with E-state index >= 15 is 0 Å². The van der Waals surface area contributed by atoms with Gasteiger partial charge in [-0.05, 0) is 37.6 Å². The van der Waals surface area contributed by atoms with Crippen LogP contribution in [0.3, 0.4) is 0 Å². The molecule has 0 radical (unpaired) electrons. The molecule has 2 nitrogen and oxygen atoms in total. The predicted molar refractivity (Wildman–Crippen MR) is 63.0 cm³/mol. The highest BCUT2D eigenvalue weighted by molar-refractivity contribution is 5.10. The van der Waals surface area contributed by atoms with Gasteiger partial charge in [0.15, 0.2) is 0 Å². The number of hydrogen-bond acceptors (Lipinski definition) is 2. The normalized spacial score (nSPS) is 41.0. The topological polar surface area (TPSA) is 12.5 Å². The van der Waals surface area contributed by atoms with Crippen LogP contribution < -0.4 is 0 Å². The lowest BCUT2D eigenvalue weighted by Gasteiger charge is -2.45. The summed E-state index contributed by atoms with van der Waals surface area (Å²) in [6, 6.07) is 0.284. The third-order valence-corrected chi connectivity index (χ3v) is 4.54. The summed E-state index contributed by atoms with van der Waals surface area (Å²) < 4.78 is 26.5. The molecule has 2 unspecified atom stereocenters. The van der Waals surface area contributed by atoms with Crippen molar-refractivity contribution in [3.63, 3.8) is 0 Å². The van der Waals surface area contributed by atoms with Gasteiger partial charge in [-0.2, -0.15) is 0 Å². The lowest BCUT2D eigenvalue weighted by Crippen LogP contribution is -2.52. The van der Waals surface area contributed by atoms with Crippen molar-refractivity contribution in [2.24, 2.45) is 5.41 Å². The monoisotopic (exact) mass is 214 g/mol. The molecule has 0 saturated carbocycles. The zero-order valence-electron chi connectivity index (χ0n) is 13.2. The molecule has 0 aromatic rings. The van der Waals surface area contributed by atoms with Gasteiger partial charge < -0.3 is 4.74 Å². The molecule has 2 fully saturated rings. The summed E-state index contributed by atoms with van der Waals surface area (Å²) in [5.74, 6) is 0. The maximum atomic E-state index is 7.15. The Hall–Kier alpha value is -0.0800. The highest BCUT2D eigenvalue weighted by Gasteiger charge is 2.54. The maximum absolute atomic E-state index is 7.15. The third kappa shape index (κ3) is 1.62. The fraction of sp³-hybridized carbons (Fsp3) is 1.00. The minimum atomic E-state index is -2.26. The van der Waals surface area contributed by atoms with E-state index < -0.39 is 7.04 Å². The molecule has 2 aliphatic rings. The first kappa shape index (κ1) is 8.08. The molecule has 88 valence electrons.